The standard InChI is InChI=1S/C19H26N4O3S/c1-14-5-7-15(8-6-14)16-11-21-17(26-16)12-22-18(20-4)23-9-10-27(24,25)19(2,3)13-23/h5-8,11H,9-10,12-13H2,1-4H3,(H,20,22). The Morgan fingerprint density at radius 1 is 1.33 bits per heavy atom. The lowest BCUT2D eigenvalue weighted by Gasteiger charge is -2.39. The van der Waals surface area contributed by atoms with E-state index in [1.165, 1.54) is 5.56 Å². The van der Waals surface area contributed by atoms with Crippen molar-refractivity contribution in [3.8, 4) is 11.3 Å². The highest BCUT2D eigenvalue weighted by Gasteiger charge is 2.40. The highest BCUT2D eigenvalue weighted by molar-refractivity contribution is 7.92. The van der Waals surface area contributed by atoms with Crippen molar-refractivity contribution in [1.29, 1.82) is 0 Å². The molecule has 0 spiro atoms. The van der Waals surface area contributed by atoms with Gasteiger partial charge in [0, 0.05) is 25.7 Å². The molecule has 1 N–H and O–H groups in total. The zero-order chi connectivity index (χ0) is 19.7. The molecule has 1 aromatic carbocycles. The van der Waals surface area contributed by atoms with Gasteiger partial charge in [0.2, 0.25) is 5.89 Å². The Morgan fingerprint density at radius 3 is 2.67 bits per heavy atom. The molecule has 0 unspecified atom stereocenters. The zero-order valence-corrected chi connectivity index (χ0v) is 17.0. The summed E-state index contributed by atoms with van der Waals surface area (Å²) in [5, 5.41) is 3.22. The molecule has 0 saturated carbocycles. The lowest BCUT2D eigenvalue weighted by atomic mass is 10.1. The van der Waals surface area contributed by atoms with E-state index >= 15 is 0 Å². The van der Waals surface area contributed by atoms with E-state index in [1.807, 2.05) is 36.1 Å². The number of aromatic nitrogens is 1. The summed E-state index contributed by atoms with van der Waals surface area (Å²) in [6.07, 6.45) is 1.71. The summed E-state index contributed by atoms with van der Waals surface area (Å²) in [6, 6.07) is 8.07. The summed E-state index contributed by atoms with van der Waals surface area (Å²) in [5.41, 5.74) is 2.17. The Morgan fingerprint density at radius 2 is 2.04 bits per heavy atom. The van der Waals surface area contributed by atoms with Gasteiger partial charge < -0.3 is 14.6 Å². The van der Waals surface area contributed by atoms with Crippen molar-refractivity contribution in [2.24, 2.45) is 4.99 Å². The average Bonchev–Trinajstić information content (AvgIpc) is 3.08. The van der Waals surface area contributed by atoms with Crippen LogP contribution in [0.25, 0.3) is 11.3 Å². The van der Waals surface area contributed by atoms with Crippen LogP contribution < -0.4 is 5.32 Å². The number of nitrogens with zero attached hydrogens (tertiary/aromatic N) is 3. The van der Waals surface area contributed by atoms with E-state index in [1.54, 1.807) is 27.1 Å². The smallest absolute Gasteiger partial charge is 0.214 e. The molecule has 0 radical (unpaired) electrons. The molecule has 0 amide bonds. The third-order valence-corrected chi connectivity index (χ3v) is 7.38. The summed E-state index contributed by atoms with van der Waals surface area (Å²) in [5.74, 6) is 2.03. The molecule has 3 rings (SSSR count). The second-order valence-corrected chi connectivity index (χ2v) is 10.1. The molecule has 1 aliphatic heterocycles. The Bertz CT molecular complexity index is 930. The van der Waals surface area contributed by atoms with Crippen molar-refractivity contribution in [1.82, 2.24) is 15.2 Å². The molecule has 1 aromatic heterocycles. The predicted octanol–water partition coefficient (Wildman–Crippen LogP) is 2.23. The van der Waals surface area contributed by atoms with Crippen LogP contribution in [-0.4, -0.2) is 54.9 Å². The van der Waals surface area contributed by atoms with Gasteiger partial charge in [-0.05, 0) is 20.8 Å². The van der Waals surface area contributed by atoms with Crippen molar-refractivity contribution < 1.29 is 12.8 Å². The summed E-state index contributed by atoms with van der Waals surface area (Å²) in [7, 11) is -1.40. The van der Waals surface area contributed by atoms with Gasteiger partial charge in [-0.1, -0.05) is 29.8 Å². The number of guanidine groups is 1. The van der Waals surface area contributed by atoms with Crippen LogP contribution >= 0.6 is 0 Å². The van der Waals surface area contributed by atoms with Gasteiger partial charge in [0.1, 0.15) is 0 Å². The third-order valence-electron chi connectivity index (χ3n) is 4.84. The molecule has 1 fully saturated rings. The lowest BCUT2D eigenvalue weighted by Crippen LogP contribution is -2.57. The van der Waals surface area contributed by atoms with Crippen molar-refractivity contribution in [3.63, 3.8) is 0 Å². The minimum atomic E-state index is -3.09. The third kappa shape index (κ3) is 4.16. The maximum absolute atomic E-state index is 12.2. The summed E-state index contributed by atoms with van der Waals surface area (Å²) < 4.78 is 29.4. The van der Waals surface area contributed by atoms with Crippen molar-refractivity contribution in [2.45, 2.75) is 32.1 Å². The topological polar surface area (TPSA) is 87.8 Å². The first-order chi connectivity index (χ1) is 12.7. The average molecular weight is 391 g/mol. The first-order valence-electron chi connectivity index (χ1n) is 8.91. The molecule has 146 valence electrons. The van der Waals surface area contributed by atoms with E-state index in [2.05, 4.69) is 15.3 Å². The van der Waals surface area contributed by atoms with E-state index in [9.17, 15) is 8.42 Å². The first kappa shape index (κ1) is 19.4. The Hall–Kier alpha value is -2.35. The maximum Gasteiger partial charge on any atom is 0.214 e. The van der Waals surface area contributed by atoms with Gasteiger partial charge in [-0.3, -0.25) is 4.99 Å². The van der Waals surface area contributed by atoms with Gasteiger partial charge in [0.25, 0.3) is 0 Å². The fourth-order valence-corrected chi connectivity index (χ4v) is 4.42. The van der Waals surface area contributed by atoms with Crippen molar-refractivity contribution >= 4 is 15.8 Å². The first-order valence-corrected chi connectivity index (χ1v) is 10.6. The van der Waals surface area contributed by atoms with Crippen LogP contribution in [0.1, 0.15) is 25.3 Å². The molecule has 27 heavy (non-hydrogen) atoms. The second kappa shape index (κ2) is 7.34. The fourth-order valence-electron chi connectivity index (χ4n) is 3.05. The van der Waals surface area contributed by atoms with Gasteiger partial charge in [-0.25, -0.2) is 13.4 Å². The predicted molar refractivity (Wildman–Crippen MR) is 106 cm³/mol. The normalized spacial score (nSPS) is 19.1. The molecule has 1 aliphatic rings. The number of aryl methyl sites for hydroxylation is 1. The van der Waals surface area contributed by atoms with E-state index in [-0.39, 0.29) is 5.75 Å². The summed E-state index contributed by atoms with van der Waals surface area (Å²) >= 11 is 0. The van der Waals surface area contributed by atoms with E-state index in [0.29, 0.717) is 37.2 Å². The van der Waals surface area contributed by atoms with Gasteiger partial charge in [-0.2, -0.15) is 0 Å². The molecule has 0 aliphatic carbocycles. The number of nitrogens with one attached hydrogen (secondary N) is 1. The molecular formula is C19H26N4O3S. The van der Waals surface area contributed by atoms with Crippen LogP contribution in [0.4, 0.5) is 0 Å². The number of rotatable bonds is 3. The zero-order valence-electron chi connectivity index (χ0n) is 16.2. The maximum atomic E-state index is 12.2. The van der Waals surface area contributed by atoms with Gasteiger partial charge in [-0.15, -0.1) is 0 Å². The highest BCUT2D eigenvalue weighted by atomic mass is 32.2. The van der Waals surface area contributed by atoms with Crippen molar-refractivity contribution in [3.05, 3.63) is 41.9 Å². The number of sulfone groups is 1. The molecule has 7 nitrogen and oxygen atoms in total. The number of oxazole rings is 1. The van der Waals surface area contributed by atoms with Gasteiger partial charge in [0.15, 0.2) is 21.6 Å². The van der Waals surface area contributed by atoms with Crippen LogP contribution in [0.5, 0.6) is 0 Å². The van der Waals surface area contributed by atoms with Crippen LogP contribution in [0.15, 0.2) is 39.9 Å². The van der Waals surface area contributed by atoms with Crippen molar-refractivity contribution in [2.75, 3.05) is 25.9 Å². The minimum absolute atomic E-state index is 0.122. The largest absolute Gasteiger partial charge is 0.439 e. The number of benzene rings is 1. The molecule has 8 heteroatoms. The fraction of sp³-hybridized carbons (Fsp3) is 0.474. The summed E-state index contributed by atoms with van der Waals surface area (Å²) in [4.78, 5) is 10.6. The highest BCUT2D eigenvalue weighted by Crippen LogP contribution is 2.24. The van der Waals surface area contributed by atoms with E-state index in [0.717, 1.165) is 5.56 Å². The van der Waals surface area contributed by atoms with Crippen LogP contribution in [0.3, 0.4) is 0 Å². The Kier molecular flexibility index (Phi) is 5.28. The number of hydrogen-bond acceptors (Lipinski definition) is 5. The molecule has 0 bridgehead atoms. The van der Waals surface area contributed by atoms with Crippen LogP contribution in [-0.2, 0) is 16.4 Å². The second-order valence-electron chi connectivity index (χ2n) is 7.39. The molecule has 2 aromatic rings. The summed E-state index contributed by atoms with van der Waals surface area (Å²) in [6.45, 7) is 6.74. The Balaban J connectivity index is 1.65. The number of aliphatic imine (C=N–C) groups is 1. The quantitative estimate of drug-likeness (QED) is 0.639. The lowest BCUT2D eigenvalue weighted by molar-refractivity contribution is 0.351. The van der Waals surface area contributed by atoms with Crippen LogP contribution in [0, 0.1) is 6.92 Å². The van der Waals surface area contributed by atoms with Gasteiger partial charge in [0.05, 0.1) is 23.2 Å². The van der Waals surface area contributed by atoms with Crippen LogP contribution in [0.2, 0.25) is 0 Å². The molecular weight excluding hydrogens is 364 g/mol. The molecule has 0 atom stereocenters. The molecule has 2 heterocycles. The van der Waals surface area contributed by atoms with E-state index in [4.69, 9.17) is 4.42 Å². The minimum Gasteiger partial charge on any atom is -0.439 e. The van der Waals surface area contributed by atoms with E-state index < -0.39 is 14.6 Å². The number of hydrogen-bond donors (Lipinski definition) is 1. The SMILES string of the molecule is CN=C(NCc1ncc(-c2ccc(C)cc2)o1)N1CCS(=O)(=O)C(C)(C)C1. The monoisotopic (exact) mass is 390 g/mol. The van der Waals surface area contributed by atoms with Gasteiger partial charge >= 0.3 is 0 Å². The Labute approximate surface area is 160 Å². The molecule has 1 saturated heterocycles.